The van der Waals surface area contributed by atoms with E-state index >= 15 is 0 Å². The number of ether oxygens (including phenoxy) is 1. The van der Waals surface area contributed by atoms with Gasteiger partial charge in [0.2, 0.25) is 0 Å². The van der Waals surface area contributed by atoms with E-state index in [2.05, 4.69) is 9.97 Å². The molecule has 25 heavy (non-hydrogen) atoms. The van der Waals surface area contributed by atoms with E-state index < -0.39 is 5.97 Å². The van der Waals surface area contributed by atoms with Crippen molar-refractivity contribution in [1.82, 2.24) is 15.0 Å². The molecular formula is C16H20N6O3. The number of hydrogen-bond donors (Lipinski definition) is 4. The van der Waals surface area contributed by atoms with E-state index in [1.165, 1.54) is 23.3 Å². The Hall–Kier alpha value is -3.33. The van der Waals surface area contributed by atoms with Crippen LogP contribution < -0.4 is 22.0 Å². The molecule has 9 nitrogen and oxygen atoms in total. The molecule has 2 rings (SSSR count). The Morgan fingerprint density at radius 2 is 2.04 bits per heavy atom. The minimum absolute atomic E-state index is 0.0972. The molecule has 1 heterocycles. The number of nitrogens with zero attached hydrogens (tertiary/aromatic N) is 3. The van der Waals surface area contributed by atoms with Crippen LogP contribution >= 0.6 is 0 Å². The van der Waals surface area contributed by atoms with Gasteiger partial charge in [-0.2, -0.15) is 0 Å². The van der Waals surface area contributed by atoms with Crippen molar-refractivity contribution in [1.29, 1.82) is 0 Å². The van der Waals surface area contributed by atoms with Crippen molar-refractivity contribution < 1.29 is 14.6 Å². The first-order valence-corrected chi connectivity index (χ1v) is 7.37. The Kier molecular flexibility index (Phi) is 5.75. The number of aromatic carboxylic acids is 1. The molecule has 0 fully saturated rings. The minimum atomic E-state index is -0.996. The number of anilines is 1. The van der Waals surface area contributed by atoms with Gasteiger partial charge in [-0.25, -0.2) is 20.6 Å². The lowest BCUT2D eigenvalue weighted by Crippen LogP contribution is -2.27. The second kappa shape index (κ2) is 7.97. The number of carboxylic acids is 1. The van der Waals surface area contributed by atoms with Crippen LogP contribution in [0.3, 0.4) is 0 Å². The molecule has 0 saturated heterocycles. The summed E-state index contributed by atoms with van der Waals surface area (Å²) in [6.07, 6.45) is 3.13. The fourth-order valence-corrected chi connectivity index (χ4v) is 1.99. The van der Waals surface area contributed by atoms with Gasteiger partial charge in [0.05, 0.1) is 17.8 Å². The van der Waals surface area contributed by atoms with Crippen molar-refractivity contribution in [2.24, 2.45) is 11.6 Å². The van der Waals surface area contributed by atoms with Gasteiger partial charge < -0.3 is 26.3 Å². The zero-order valence-corrected chi connectivity index (χ0v) is 13.7. The smallest absolute Gasteiger partial charge is 0.335 e. The fourth-order valence-electron chi connectivity index (χ4n) is 1.99. The maximum absolute atomic E-state index is 10.8. The number of hydrazine groups is 1. The largest absolute Gasteiger partial charge is 0.487 e. The lowest BCUT2D eigenvalue weighted by Gasteiger charge is -2.16. The number of hydrogen-bond acceptors (Lipinski definition) is 8. The summed E-state index contributed by atoms with van der Waals surface area (Å²) in [6, 6.07) is 6.02. The SMILES string of the molecule is Cc1ncc(CN(N)/C=C(\N)COc2ccc(C(=O)O)cc2)c(N)n1. The Labute approximate surface area is 144 Å². The van der Waals surface area contributed by atoms with Crippen LogP contribution in [0.2, 0.25) is 0 Å². The molecule has 0 aliphatic rings. The molecule has 0 atom stereocenters. The summed E-state index contributed by atoms with van der Waals surface area (Å²) in [6.45, 7) is 2.14. The van der Waals surface area contributed by atoms with Crippen molar-refractivity contribution in [2.45, 2.75) is 13.5 Å². The van der Waals surface area contributed by atoms with Crippen LogP contribution in [0, 0.1) is 6.92 Å². The van der Waals surface area contributed by atoms with Gasteiger partial charge in [0.15, 0.2) is 0 Å². The first kappa shape index (κ1) is 18.0. The standard InChI is InChI=1S/C16H20N6O3/c1-10-20-6-12(15(18)21-10)7-22(19)8-13(17)9-25-14-4-2-11(3-5-14)16(23)24/h2-6,8H,7,9,17,19H2,1H3,(H,23,24)(H2,18,20,21)/b13-8-. The van der Waals surface area contributed by atoms with Gasteiger partial charge in [-0.05, 0) is 31.2 Å². The van der Waals surface area contributed by atoms with Crippen molar-refractivity contribution in [2.75, 3.05) is 12.3 Å². The first-order chi connectivity index (χ1) is 11.8. The molecule has 0 saturated carbocycles. The van der Waals surface area contributed by atoms with Gasteiger partial charge in [0.25, 0.3) is 0 Å². The molecule has 0 unspecified atom stereocenters. The Bertz CT molecular complexity index is 776. The van der Waals surface area contributed by atoms with Crippen LogP contribution in [-0.4, -0.2) is 32.7 Å². The van der Waals surface area contributed by atoms with Crippen LogP contribution in [0.15, 0.2) is 42.4 Å². The van der Waals surface area contributed by atoms with Gasteiger partial charge in [0.1, 0.15) is 24.0 Å². The van der Waals surface area contributed by atoms with Gasteiger partial charge in [0, 0.05) is 18.0 Å². The Balaban J connectivity index is 1.90. The third kappa shape index (κ3) is 5.36. The quantitative estimate of drug-likeness (QED) is 0.418. The third-order valence-corrected chi connectivity index (χ3v) is 3.21. The number of nitrogens with two attached hydrogens (primary N) is 3. The molecule has 9 heteroatoms. The lowest BCUT2D eigenvalue weighted by molar-refractivity contribution is 0.0697. The van der Waals surface area contributed by atoms with Crippen molar-refractivity contribution >= 4 is 11.8 Å². The molecule has 0 aliphatic carbocycles. The minimum Gasteiger partial charge on any atom is -0.487 e. The van der Waals surface area contributed by atoms with E-state index in [1.807, 2.05) is 0 Å². The fraction of sp³-hybridized carbons (Fsp3) is 0.188. The highest BCUT2D eigenvalue weighted by molar-refractivity contribution is 5.87. The highest BCUT2D eigenvalue weighted by atomic mass is 16.5. The van der Waals surface area contributed by atoms with E-state index in [0.717, 1.165) is 0 Å². The molecule has 0 spiro atoms. The molecule has 0 aliphatic heterocycles. The summed E-state index contributed by atoms with van der Waals surface area (Å²) >= 11 is 0. The predicted molar refractivity (Wildman–Crippen MR) is 92.1 cm³/mol. The summed E-state index contributed by atoms with van der Waals surface area (Å²) in [5.74, 6) is 6.34. The summed E-state index contributed by atoms with van der Waals surface area (Å²) < 4.78 is 5.48. The number of aryl methyl sites for hydroxylation is 1. The third-order valence-electron chi connectivity index (χ3n) is 3.21. The normalized spacial score (nSPS) is 11.2. The first-order valence-electron chi connectivity index (χ1n) is 7.37. The molecule has 0 bridgehead atoms. The van der Waals surface area contributed by atoms with E-state index in [1.54, 1.807) is 25.3 Å². The number of aromatic nitrogens is 2. The average Bonchev–Trinajstić information content (AvgIpc) is 2.56. The van der Waals surface area contributed by atoms with Gasteiger partial charge in [-0.3, -0.25) is 0 Å². The molecule has 132 valence electrons. The second-order valence-corrected chi connectivity index (χ2v) is 5.32. The number of nitrogen functional groups attached to an aromatic ring is 1. The maximum Gasteiger partial charge on any atom is 0.335 e. The molecule has 0 radical (unpaired) electrons. The number of carboxylic acid groups (broad SMARTS) is 1. The van der Waals surface area contributed by atoms with Crippen LogP contribution in [0.1, 0.15) is 21.7 Å². The molecular weight excluding hydrogens is 324 g/mol. The summed E-state index contributed by atoms with van der Waals surface area (Å²) in [7, 11) is 0. The highest BCUT2D eigenvalue weighted by Crippen LogP contribution is 2.13. The van der Waals surface area contributed by atoms with Gasteiger partial charge in [-0.1, -0.05) is 0 Å². The second-order valence-electron chi connectivity index (χ2n) is 5.32. The van der Waals surface area contributed by atoms with E-state index in [4.69, 9.17) is 27.2 Å². The van der Waals surface area contributed by atoms with Crippen LogP contribution in [0.4, 0.5) is 5.82 Å². The van der Waals surface area contributed by atoms with E-state index in [9.17, 15) is 4.79 Å². The summed E-state index contributed by atoms with van der Waals surface area (Å²) in [5, 5.41) is 10.2. The Morgan fingerprint density at radius 3 is 2.64 bits per heavy atom. The molecule has 1 aromatic heterocycles. The van der Waals surface area contributed by atoms with Crippen molar-refractivity contribution in [3.8, 4) is 5.75 Å². The Morgan fingerprint density at radius 1 is 1.36 bits per heavy atom. The number of rotatable bonds is 7. The zero-order chi connectivity index (χ0) is 18.4. The summed E-state index contributed by atoms with van der Waals surface area (Å²) in [5.41, 5.74) is 12.9. The molecule has 0 amide bonds. The monoisotopic (exact) mass is 344 g/mol. The van der Waals surface area contributed by atoms with Crippen LogP contribution in [-0.2, 0) is 6.54 Å². The van der Waals surface area contributed by atoms with Crippen molar-refractivity contribution in [3.05, 3.63) is 59.3 Å². The highest BCUT2D eigenvalue weighted by Gasteiger charge is 2.06. The lowest BCUT2D eigenvalue weighted by atomic mass is 10.2. The van der Waals surface area contributed by atoms with Gasteiger partial charge >= 0.3 is 5.97 Å². The van der Waals surface area contributed by atoms with Gasteiger partial charge in [-0.15, -0.1) is 0 Å². The molecule has 2 aromatic rings. The van der Waals surface area contributed by atoms with Crippen molar-refractivity contribution in [3.63, 3.8) is 0 Å². The van der Waals surface area contributed by atoms with E-state index in [0.29, 0.717) is 35.2 Å². The van der Waals surface area contributed by atoms with Crippen LogP contribution in [0.25, 0.3) is 0 Å². The topological polar surface area (TPSA) is 154 Å². The van der Waals surface area contributed by atoms with E-state index in [-0.39, 0.29) is 12.2 Å². The predicted octanol–water partition coefficient (Wildman–Crippen LogP) is 0.620. The summed E-state index contributed by atoms with van der Waals surface area (Å²) in [4.78, 5) is 18.9. The average molecular weight is 344 g/mol. The molecule has 7 N–H and O–H groups in total. The number of carbonyl (C=O) groups is 1. The number of benzene rings is 1. The zero-order valence-electron chi connectivity index (χ0n) is 13.7. The van der Waals surface area contributed by atoms with Crippen LogP contribution in [0.5, 0.6) is 5.75 Å². The maximum atomic E-state index is 10.8. The molecule has 1 aromatic carbocycles.